The Morgan fingerprint density at radius 2 is 2.10 bits per heavy atom. The van der Waals surface area contributed by atoms with E-state index >= 15 is 0 Å². The van der Waals surface area contributed by atoms with Gasteiger partial charge in [0.2, 0.25) is 0 Å². The number of aryl methyl sites for hydroxylation is 2. The van der Waals surface area contributed by atoms with Gasteiger partial charge in [0.05, 0.1) is 19.1 Å². The molecule has 2 atom stereocenters. The molecule has 3 heterocycles. The number of ether oxygens (including phenoxy) is 1. The highest BCUT2D eigenvalue weighted by molar-refractivity contribution is 8.00. The molecule has 0 bridgehead atoms. The third-order valence-corrected chi connectivity index (χ3v) is 6.94. The van der Waals surface area contributed by atoms with Gasteiger partial charge in [-0.1, -0.05) is 48.5 Å². The third kappa shape index (κ3) is 3.83. The van der Waals surface area contributed by atoms with Gasteiger partial charge in [0.25, 0.3) is 5.91 Å². The highest BCUT2D eigenvalue weighted by Crippen LogP contribution is 2.42. The van der Waals surface area contributed by atoms with Crippen molar-refractivity contribution in [3.63, 3.8) is 0 Å². The second kappa shape index (κ2) is 8.28. The van der Waals surface area contributed by atoms with E-state index in [0.29, 0.717) is 17.4 Å². The number of aromatic nitrogens is 3. The summed E-state index contributed by atoms with van der Waals surface area (Å²) >= 11 is 1.50. The molecule has 0 amide bonds. The van der Waals surface area contributed by atoms with Crippen LogP contribution in [0.2, 0.25) is 0 Å². The number of carbonyl (C=O) groups is 2. The molecule has 2 unspecified atom stereocenters. The molecule has 0 spiro atoms. The molecule has 1 fully saturated rings. The normalized spacial score (nSPS) is 21.2. The Hall–Kier alpha value is -2.19. The molecule has 4 rings (SSSR count). The number of likely N-dealkylation sites (tertiary alicyclic amines) is 1. The van der Waals surface area contributed by atoms with Crippen LogP contribution >= 0.6 is 11.8 Å². The summed E-state index contributed by atoms with van der Waals surface area (Å²) in [5.41, 5.74) is 2.28. The fraction of sp³-hybridized carbons (Fsp3) is 0.524. The van der Waals surface area contributed by atoms with Crippen LogP contribution in [0.4, 0.5) is 0 Å². The number of methoxy groups -OCH3 is 1. The summed E-state index contributed by atoms with van der Waals surface area (Å²) in [6.45, 7) is 5.55. The Morgan fingerprint density at radius 3 is 2.72 bits per heavy atom. The molecule has 0 aliphatic carbocycles. The number of thioether (sulfide) groups is 1. The van der Waals surface area contributed by atoms with Crippen molar-refractivity contribution in [1.82, 2.24) is 19.7 Å². The Bertz CT molecular complexity index is 920. The number of carbonyl (C=O) groups excluding carboxylic acids is 2. The molecule has 1 saturated heterocycles. The number of hydrogen-bond acceptors (Lipinski definition) is 7. The number of nitrogens with zero attached hydrogens (tertiary/aromatic N) is 4. The first-order valence-corrected chi connectivity index (χ1v) is 10.9. The minimum absolute atomic E-state index is 0.0150. The van der Waals surface area contributed by atoms with E-state index in [4.69, 9.17) is 4.74 Å². The lowest BCUT2D eigenvalue weighted by Gasteiger charge is -2.38. The van der Waals surface area contributed by atoms with Crippen LogP contribution in [0.3, 0.4) is 0 Å². The summed E-state index contributed by atoms with van der Waals surface area (Å²) < 4.78 is 6.39. The van der Waals surface area contributed by atoms with Gasteiger partial charge < -0.3 is 4.74 Å². The van der Waals surface area contributed by atoms with Crippen LogP contribution in [0.5, 0.6) is 0 Å². The van der Waals surface area contributed by atoms with Gasteiger partial charge in [-0.3, -0.25) is 14.5 Å². The molecule has 0 radical (unpaired) electrons. The van der Waals surface area contributed by atoms with E-state index < -0.39 is 0 Å². The maximum Gasteiger partial charge on any atom is 0.308 e. The predicted molar refractivity (Wildman–Crippen MR) is 110 cm³/mol. The van der Waals surface area contributed by atoms with E-state index in [2.05, 4.69) is 40.1 Å². The number of esters is 1. The summed E-state index contributed by atoms with van der Waals surface area (Å²) in [5, 5.41) is 4.76. The van der Waals surface area contributed by atoms with Crippen molar-refractivity contribution in [3.8, 4) is 0 Å². The maximum absolute atomic E-state index is 13.2. The van der Waals surface area contributed by atoms with Gasteiger partial charge in [-0.25, -0.2) is 4.98 Å². The van der Waals surface area contributed by atoms with Gasteiger partial charge in [-0.2, -0.15) is 4.68 Å². The lowest BCUT2D eigenvalue weighted by atomic mass is 9.92. The third-order valence-electron chi connectivity index (χ3n) is 5.75. The molecule has 2 aliphatic heterocycles. The molecular weight excluding hydrogens is 388 g/mol. The maximum atomic E-state index is 13.2. The largest absolute Gasteiger partial charge is 0.469 e. The number of piperidine rings is 1. The molecule has 0 N–H and O–H groups in total. The smallest absolute Gasteiger partial charge is 0.308 e. The van der Waals surface area contributed by atoms with E-state index in [1.165, 1.54) is 23.6 Å². The molecule has 154 valence electrons. The summed E-state index contributed by atoms with van der Waals surface area (Å²) in [5.74, 6) is 0.481. The van der Waals surface area contributed by atoms with Gasteiger partial charge in [0.1, 0.15) is 5.25 Å². The lowest BCUT2D eigenvalue weighted by Crippen LogP contribution is -2.44. The molecule has 7 nitrogen and oxygen atoms in total. The Morgan fingerprint density at radius 1 is 1.34 bits per heavy atom. The van der Waals surface area contributed by atoms with Crippen LogP contribution in [0.15, 0.2) is 29.4 Å². The van der Waals surface area contributed by atoms with Crippen molar-refractivity contribution < 1.29 is 14.3 Å². The summed E-state index contributed by atoms with van der Waals surface area (Å²) in [7, 11) is 1.44. The van der Waals surface area contributed by atoms with E-state index in [0.717, 1.165) is 37.1 Å². The molecule has 2 aliphatic rings. The first-order valence-electron chi connectivity index (χ1n) is 10.1. The first kappa shape index (κ1) is 20.1. The monoisotopic (exact) mass is 414 g/mol. The summed E-state index contributed by atoms with van der Waals surface area (Å²) in [6.07, 6.45) is 2.19. The van der Waals surface area contributed by atoms with Gasteiger partial charge in [0.15, 0.2) is 11.0 Å². The van der Waals surface area contributed by atoms with Crippen LogP contribution in [0, 0.1) is 12.8 Å². The van der Waals surface area contributed by atoms with Crippen molar-refractivity contribution in [2.24, 2.45) is 5.92 Å². The van der Waals surface area contributed by atoms with Crippen molar-refractivity contribution in [1.29, 1.82) is 0 Å². The van der Waals surface area contributed by atoms with Crippen LogP contribution < -0.4 is 0 Å². The summed E-state index contributed by atoms with van der Waals surface area (Å²) in [6, 6.07) is 8.25. The van der Waals surface area contributed by atoms with Crippen LogP contribution in [0.25, 0.3) is 0 Å². The fourth-order valence-electron chi connectivity index (χ4n) is 4.20. The van der Waals surface area contributed by atoms with Crippen LogP contribution in [-0.2, 0) is 16.0 Å². The average Bonchev–Trinajstić information content (AvgIpc) is 3.27. The van der Waals surface area contributed by atoms with Gasteiger partial charge in [-0.15, -0.1) is 5.10 Å². The SMILES string of the molecule is CCc1nc2n(n1)C(=O)C(C(c1cccc(C)c1)N1CCC(C(=O)OC)CC1)S2. The van der Waals surface area contributed by atoms with E-state index in [-0.39, 0.29) is 29.1 Å². The summed E-state index contributed by atoms with van der Waals surface area (Å²) in [4.78, 5) is 32.0. The molecule has 1 aromatic heterocycles. The minimum Gasteiger partial charge on any atom is -0.469 e. The van der Waals surface area contributed by atoms with Crippen molar-refractivity contribution in [3.05, 3.63) is 41.2 Å². The highest BCUT2D eigenvalue weighted by Gasteiger charge is 2.44. The number of benzene rings is 1. The quantitative estimate of drug-likeness (QED) is 0.696. The predicted octanol–water partition coefficient (Wildman–Crippen LogP) is 2.89. The van der Waals surface area contributed by atoms with E-state index in [1.807, 2.05) is 13.0 Å². The standard InChI is InChI=1S/C21H26N4O3S/c1-4-16-22-21-25(23-16)19(26)18(29-21)17(15-7-5-6-13(2)12-15)24-10-8-14(9-11-24)20(27)28-3/h5-7,12,14,17-18H,4,8-11H2,1-3H3. The number of hydrogen-bond donors (Lipinski definition) is 0. The first-order chi connectivity index (χ1) is 14.0. The van der Waals surface area contributed by atoms with Crippen molar-refractivity contribution >= 4 is 23.6 Å². The zero-order valence-corrected chi connectivity index (χ0v) is 17.8. The Labute approximate surface area is 174 Å². The number of rotatable bonds is 5. The van der Waals surface area contributed by atoms with Crippen LogP contribution in [-0.4, -0.2) is 57.0 Å². The van der Waals surface area contributed by atoms with Crippen molar-refractivity contribution in [2.45, 2.75) is 49.6 Å². The minimum atomic E-state index is -0.299. The van der Waals surface area contributed by atoms with Gasteiger partial charge in [0, 0.05) is 6.42 Å². The molecule has 2 aromatic rings. The van der Waals surface area contributed by atoms with Gasteiger partial charge >= 0.3 is 5.97 Å². The molecule has 1 aromatic carbocycles. The topological polar surface area (TPSA) is 77.3 Å². The average molecular weight is 415 g/mol. The Balaban J connectivity index is 1.61. The molecule has 29 heavy (non-hydrogen) atoms. The second-order valence-corrected chi connectivity index (χ2v) is 8.75. The van der Waals surface area contributed by atoms with Gasteiger partial charge in [-0.05, 0) is 38.4 Å². The van der Waals surface area contributed by atoms with Crippen molar-refractivity contribution in [2.75, 3.05) is 20.2 Å². The van der Waals surface area contributed by atoms with E-state index in [1.54, 1.807) is 0 Å². The molecule has 8 heteroatoms. The van der Waals surface area contributed by atoms with E-state index in [9.17, 15) is 9.59 Å². The zero-order valence-electron chi connectivity index (χ0n) is 17.0. The Kier molecular flexibility index (Phi) is 5.74. The molecular formula is C21H26N4O3S. The highest BCUT2D eigenvalue weighted by atomic mass is 32.2. The zero-order chi connectivity index (χ0) is 20.5. The second-order valence-electron chi connectivity index (χ2n) is 7.65. The fourth-order valence-corrected chi connectivity index (χ4v) is 5.48. The lowest BCUT2D eigenvalue weighted by molar-refractivity contribution is -0.147. The van der Waals surface area contributed by atoms with Crippen LogP contribution in [0.1, 0.15) is 47.6 Å². The number of fused-ring (bicyclic) bond motifs is 1. The molecule has 0 saturated carbocycles.